The van der Waals surface area contributed by atoms with Gasteiger partial charge in [0.25, 0.3) is 5.91 Å². The lowest BCUT2D eigenvalue weighted by atomic mass is 10.2. The van der Waals surface area contributed by atoms with E-state index in [4.69, 9.17) is 4.74 Å². The molecule has 1 unspecified atom stereocenters. The van der Waals surface area contributed by atoms with E-state index < -0.39 is 11.7 Å². The number of aromatic hydroxyl groups is 1. The maximum absolute atomic E-state index is 13.8. The summed E-state index contributed by atoms with van der Waals surface area (Å²) < 4.78 is 20.5. The molecule has 24 heavy (non-hydrogen) atoms. The van der Waals surface area contributed by atoms with Crippen molar-refractivity contribution in [3.63, 3.8) is 0 Å². The number of ether oxygens (including phenoxy) is 1. The second-order valence-corrected chi connectivity index (χ2v) is 5.72. The topological polar surface area (TPSA) is 79.6 Å². The van der Waals surface area contributed by atoms with Crippen LogP contribution >= 0.6 is 0 Å². The highest BCUT2D eigenvalue weighted by Crippen LogP contribution is 2.19. The fourth-order valence-corrected chi connectivity index (χ4v) is 2.57. The van der Waals surface area contributed by atoms with E-state index in [1.807, 2.05) is 7.05 Å². The molecule has 1 fully saturated rings. The number of hydrogen-bond acceptors (Lipinski definition) is 5. The maximum atomic E-state index is 13.8. The van der Waals surface area contributed by atoms with E-state index in [1.54, 1.807) is 12.1 Å². The molecule has 1 aromatic carbocycles. The quantitative estimate of drug-likeness (QED) is 0.864. The molecule has 8 heteroatoms. The molecule has 0 bridgehead atoms. The van der Waals surface area contributed by atoms with Crippen LogP contribution < -0.4 is 5.32 Å². The van der Waals surface area contributed by atoms with Gasteiger partial charge in [-0.05, 0) is 19.2 Å². The highest BCUT2D eigenvalue weighted by Gasteiger charge is 2.22. The van der Waals surface area contributed by atoms with Crippen LogP contribution in [0.5, 0.6) is 5.75 Å². The number of rotatable bonds is 4. The third-order valence-electron chi connectivity index (χ3n) is 3.84. The summed E-state index contributed by atoms with van der Waals surface area (Å²) in [4.78, 5) is 14.3. The van der Waals surface area contributed by atoms with Crippen LogP contribution in [0, 0.1) is 5.82 Å². The summed E-state index contributed by atoms with van der Waals surface area (Å²) in [6.45, 7) is 2.51. The molecule has 2 N–H and O–H groups in total. The molecule has 0 aliphatic carbocycles. The van der Waals surface area contributed by atoms with Crippen molar-refractivity contribution in [3.8, 4) is 11.4 Å². The number of morpholine rings is 1. The Bertz CT molecular complexity index is 734. The zero-order valence-electron chi connectivity index (χ0n) is 13.3. The molecule has 2 heterocycles. The molecule has 0 spiro atoms. The van der Waals surface area contributed by atoms with Crippen molar-refractivity contribution in [1.29, 1.82) is 0 Å². The van der Waals surface area contributed by atoms with Crippen LogP contribution in [-0.2, 0) is 4.74 Å². The standard InChI is InChI=1S/C16H19FN4O3/c1-20-6-7-24-11(9-20)8-18-16(23)15-14(22)10-21(19-15)13-5-3-2-4-12(13)17/h2-5,10-11,22H,6-9H2,1H3,(H,18,23). The molecule has 128 valence electrons. The van der Waals surface area contributed by atoms with Crippen LogP contribution in [0.2, 0.25) is 0 Å². The second kappa shape index (κ2) is 6.98. The molecular formula is C16H19FN4O3. The molecule has 1 saturated heterocycles. The monoisotopic (exact) mass is 334 g/mol. The first kappa shape index (κ1) is 16.4. The summed E-state index contributed by atoms with van der Waals surface area (Å²) in [5.74, 6) is -1.33. The Kier molecular flexibility index (Phi) is 4.77. The summed E-state index contributed by atoms with van der Waals surface area (Å²) >= 11 is 0. The number of carbonyl (C=O) groups is 1. The molecular weight excluding hydrogens is 315 g/mol. The lowest BCUT2D eigenvalue weighted by Crippen LogP contribution is -2.46. The number of likely N-dealkylation sites (N-methyl/N-ethyl adjacent to an activating group) is 1. The molecule has 1 aromatic heterocycles. The van der Waals surface area contributed by atoms with Gasteiger partial charge in [0.15, 0.2) is 11.4 Å². The molecule has 0 saturated carbocycles. The Balaban J connectivity index is 1.68. The van der Waals surface area contributed by atoms with Crippen LogP contribution in [-0.4, -0.2) is 65.1 Å². The van der Waals surface area contributed by atoms with Gasteiger partial charge in [0.1, 0.15) is 11.5 Å². The minimum Gasteiger partial charge on any atom is -0.504 e. The molecule has 7 nitrogen and oxygen atoms in total. The summed E-state index contributed by atoms with van der Waals surface area (Å²) in [6, 6.07) is 5.99. The van der Waals surface area contributed by atoms with Gasteiger partial charge < -0.3 is 20.1 Å². The Hall–Kier alpha value is -2.45. The Morgan fingerprint density at radius 2 is 2.29 bits per heavy atom. The fraction of sp³-hybridized carbons (Fsp3) is 0.375. The minimum absolute atomic E-state index is 0.108. The predicted octanol–water partition coefficient (Wildman–Crippen LogP) is 0.777. The smallest absolute Gasteiger partial charge is 0.275 e. The molecule has 1 aliphatic heterocycles. The van der Waals surface area contributed by atoms with E-state index in [1.165, 1.54) is 18.3 Å². The van der Waals surface area contributed by atoms with Gasteiger partial charge in [-0.15, -0.1) is 0 Å². The SMILES string of the molecule is CN1CCOC(CNC(=O)c2nn(-c3ccccc3F)cc2O)C1. The van der Waals surface area contributed by atoms with E-state index in [0.29, 0.717) is 13.2 Å². The predicted molar refractivity (Wildman–Crippen MR) is 84.8 cm³/mol. The number of aromatic nitrogens is 2. The maximum Gasteiger partial charge on any atom is 0.275 e. The molecule has 1 atom stereocenters. The third-order valence-corrected chi connectivity index (χ3v) is 3.84. The fourth-order valence-electron chi connectivity index (χ4n) is 2.57. The first-order valence-corrected chi connectivity index (χ1v) is 7.66. The zero-order valence-corrected chi connectivity index (χ0v) is 13.3. The third kappa shape index (κ3) is 3.55. The number of nitrogens with zero attached hydrogens (tertiary/aromatic N) is 3. The largest absolute Gasteiger partial charge is 0.504 e. The second-order valence-electron chi connectivity index (χ2n) is 5.72. The van der Waals surface area contributed by atoms with Crippen molar-refractivity contribution >= 4 is 5.91 Å². The van der Waals surface area contributed by atoms with Crippen molar-refractivity contribution in [2.24, 2.45) is 0 Å². The number of halogens is 1. The van der Waals surface area contributed by atoms with E-state index in [-0.39, 0.29) is 23.2 Å². The van der Waals surface area contributed by atoms with Gasteiger partial charge in [-0.1, -0.05) is 12.1 Å². The van der Waals surface area contributed by atoms with Gasteiger partial charge in [-0.3, -0.25) is 4.79 Å². The number of para-hydroxylation sites is 1. The first-order valence-electron chi connectivity index (χ1n) is 7.66. The van der Waals surface area contributed by atoms with Gasteiger partial charge in [-0.2, -0.15) is 5.10 Å². The van der Waals surface area contributed by atoms with Crippen molar-refractivity contribution in [2.75, 3.05) is 33.3 Å². The average molecular weight is 334 g/mol. The van der Waals surface area contributed by atoms with E-state index in [2.05, 4.69) is 15.3 Å². The average Bonchev–Trinajstić information content (AvgIpc) is 2.95. The van der Waals surface area contributed by atoms with Crippen LogP contribution in [0.1, 0.15) is 10.5 Å². The Morgan fingerprint density at radius 3 is 3.04 bits per heavy atom. The highest BCUT2D eigenvalue weighted by atomic mass is 19.1. The van der Waals surface area contributed by atoms with Gasteiger partial charge in [0.2, 0.25) is 0 Å². The summed E-state index contributed by atoms with van der Waals surface area (Å²) in [6.07, 6.45) is 1.10. The van der Waals surface area contributed by atoms with E-state index in [0.717, 1.165) is 17.8 Å². The lowest BCUT2D eigenvalue weighted by molar-refractivity contribution is -0.0175. The first-order chi connectivity index (χ1) is 11.5. The van der Waals surface area contributed by atoms with Crippen molar-refractivity contribution in [3.05, 3.63) is 42.0 Å². The van der Waals surface area contributed by atoms with Crippen molar-refractivity contribution in [2.45, 2.75) is 6.10 Å². The lowest BCUT2D eigenvalue weighted by Gasteiger charge is -2.29. The summed E-state index contributed by atoms with van der Waals surface area (Å²) in [7, 11) is 1.99. The number of amides is 1. The number of nitrogens with one attached hydrogen (secondary N) is 1. The van der Waals surface area contributed by atoms with Crippen molar-refractivity contribution < 1.29 is 19.0 Å². The Labute approximate surface area is 138 Å². The van der Waals surface area contributed by atoms with Crippen molar-refractivity contribution in [1.82, 2.24) is 20.0 Å². The summed E-state index contributed by atoms with van der Waals surface area (Å²) in [5.41, 5.74) is 0.00602. The van der Waals surface area contributed by atoms with E-state index >= 15 is 0 Å². The van der Waals surface area contributed by atoms with Gasteiger partial charge in [-0.25, -0.2) is 9.07 Å². The number of benzene rings is 1. The normalized spacial score (nSPS) is 18.5. The van der Waals surface area contributed by atoms with Crippen LogP contribution in [0.3, 0.4) is 0 Å². The number of hydrogen-bond donors (Lipinski definition) is 2. The molecule has 1 aliphatic rings. The van der Waals surface area contributed by atoms with Crippen LogP contribution in [0.15, 0.2) is 30.5 Å². The minimum atomic E-state index is -0.528. The zero-order chi connectivity index (χ0) is 17.1. The van der Waals surface area contributed by atoms with Gasteiger partial charge in [0.05, 0.1) is 18.9 Å². The van der Waals surface area contributed by atoms with Gasteiger partial charge in [0, 0.05) is 19.6 Å². The molecule has 2 aromatic rings. The highest BCUT2D eigenvalue weighted by molar-refractivity contribution is 5.94. The Morgan fingerprint density at radius 1 is 1.50 bits per heavy atom. The molecule has 1 amide bonds. The van der Waals surface area contributed by atoms with Crippen LogP contribution in [0.25, 0.3) is 5.69 Å². The number of carbonyl (C=O) groups excluding carboxylic acids is 1. The van der Waals surface area contributed by atoms with Gasteiger partial charge >= 0.3 is 0 Å². The summed E-state index contributed by atoms with van der Waals surface area (Å²) in [5, 5.41) is 16.6. The van der Waals surface area contributed by atoms with E-state index in [9.17, 15) is 14.3 Å². The molecule has 0 radical (unpaired) electrons. The van der Waals surface area contributed by atoms with Crippen LogP contribution in [0.4, 0.5) is 4.39 Å². The molecule has 3 rings (SSSR count).